The number of nitrogens with zero attached hydrogens (tertiary/aromatic N) is 3. The van der Waals surface area contributed by atoms with Gasteiger partial charge in [-0.05, 0) is 37.3 Å². The molecule has 0 saturated heterocycles. The van der Waals surface area contributed by atoms with Crippen LogP contribution in [-0.4, -0.2) is 21.1 Å². The molecule has 0 amide bonds. The van der Waals surface area contributed by atoms with Gasteiger partial charge in [-0.15, -0.1) is 5.10 Å². The molecule has 19 heavy (non-hydrogen) atoms. The highest BCUT2D eigenvalue weighted by molar-refractivity contribution is 5.44. The van der Waals surface area contributed by atoms with Gasteiger partial charge in [-0.25, -0.2) is 4.52 Å². The van der Waals surface area contributed by atoms with Gasteiger partial charge in [0, 0.05) is 12.2 Å². The SMILES string of the molecule is Cc1cccc2nc(NCC3(C)CCCCC3)nn12. The highest BCUT2D eigenvalue weighted by atomic mass is 15.3. The van der Waals surface area contributed by atoms with Crippen LogP contribution >= 0.6 is 0 Å². The number of hydrogen-bond acceptors (Lipinski definition) is 3. The smallest absolute Gasteiger partial charge is 0.243 e. The fourth-order valence-electron chi connectivity index (χ4n) is 2.99. The van der Waals surface area contributed by atoms with Crippen LogP contribution in [0.25, 0.3) is 5.65 Å². The molecule has 102 valence electrons. The highest BCUT2D eigenvalue weighted by Crippen LogP contribution is 2.35. The molecule has 4 nitrogen and oxygen atoms in total. The molecule has 2 aromatic heterocycles. The normalized spacial score (nSPS) is 18.6. The summed E-state index contributed by atoms with van der Waals surface area (Å²) in [5, 5.41) is 7.95. The van der Waals surface area contributed by atoms with Crippen molar-refractivity contribution >= 4 is 11.6 Å². The number of hydrogen-bond donors (Lipinski definition) is 1. The Kier molecular flexibility index (Phi) is 3.17. The molecule has 4 heteroatoms. The van der Waals surface area contributed by atoms with Crippen LogP contribution in [-0.2, 0) is 0 Å². The Labute approximate surface area is 114 Å². The summed E-state index contributed by atoms with van der Waals surface area (Å²) in [6.07, 6.45) is 6.73. The summed E-state index contributed by atoms with van der Waals surface area (Å²) in [5.41, 5.74) is 2.43. The van der Waals surface area contributed by atoms with Gasteiger partial charge >= 0.3 is 0 Å². The van der Waals surface area contributed by atoms with Gasteiger partial charge in [-0.2, -0.15) is 4.98 Å². The van der Waals surface area contributed by atoms with Crippen LogP contribution in [0.4, 0.5) is 5.95 Å². The first-order valence-electron chi connectivity index (χ1n) is 7.23. The summed E-state index contributed by atoms with van der Waals surface area (Å²) in [5.74, 6) is 0.751. The van der Waals surface area contributed by atoms with Gasteiger partial charge in [0.2, 0.25) is 5.95 Å². The zero-order valence-electron chi connectivity index (χ0n) is 11.8. The van der Waals surface area contributed by atoms with E-state index in [2.05, 4.69) is 22.3 Å². The Hall–Kier alpha value is -1.58. The van der Waals surface area contributed by atoms with E-state index in [9.17, 15) is 0 Å². The summed E-state index contributed by atoms with van der Waals surface area (Å²) in [7, 11) is 0. The molecule has 1 N–H and O–H groups in total. The molecule has 0 aliphatic heterocycles. The number of anilines is 1. The average Bonchev–Trinajstić information content (AvgIpc) is 2.82. The molecule has 2 heterocycles. The lowest BCUT2D eigenvalue weighted by Crippen LogP contribution is -2.29. The minimum absolute atomic E-state index is 0.408. The molecule has 3 rings (SSSR count). The van der Waals surface area contributed by atoms with Gasteiger partial charge in [0.25, 0.3) is 0 Å². The van der Waals surface area contributed by atoms with Gasteiger partial charge in [0.1, 0.15) is 0 Å². The maximum atomic E-state index is 4.53. The molecule has 1 aliphatic carbocycles. The molecule has 1 aliphatic rings. The van der Waals surface area contributed by atoms with Crippen LogP contribution in [0.5, 0.6) is 0 Å². The molecule has 1 saturated carbocycles. The zero-order chi connectivity index (χ0) is 13.3. The molecule has 0 bridgehead atoms. The fraction of sp³-hybridized carbons (Fsp3) is 0.600. The minimum Gasteiger partial charge on any atom is -0.352 e. The molecule has 0 radical (unpaired) electrons. The number of pyridine rings is 1. The number of aryl methyl sites for hydroxylation is 1. The van der Waals surface area contributed by atoms with E-state index in [-0.39, 0.29) is 0 Å². The summed E-state index contributed by atoms with van der Waals surface area (Å²) >= 11 is 0. The number of nitrogens with one attached hydrogen (secondary N) is 1. The summed E-state index contributed by atoms with van der Waals surface area (Å²) in [4.78, 5) is 4.53. The second-order valence-corrected chi connectivity index (χ2v) is 6.10. The van der Waals surface area contributed by atoms with Crippen molar-refractivity contribution in [3.05, 3.63) is 23.9 Å². The Morgan fingerprint density at radius 3 is 2.79 bits per heavy atom. The fourth-order valence-corrected chi connectivity index (χ4v) is 2.99. The molecule has 0 unspecified atom stereocenters. The molecule has 0 aromatic carbocycles. The molecular weight excluding hydrogens is 236 g/mol. The summed E-state index contributed by atoms with van der Waals surface area (Å²) in [6, 6.07) is 6.06. The van der Waals surface area contributed by atoms with E-state index in [1.54, 1.807) is 0 Å². The Bertz CT molecular complexity index is 567. The zero-order valence-corrected chi connectivity index (χ0v) is 11.8. The van der Waals surface area contributed by atoms with Crippen LogP contribution in [0.2, 0.25) is 0 Å². The van der Waals surface area contributed by atoms with Crippen LogP contribution in [0.1, 0.15) is 44.7 Å². The maximum Gasteiger partial charge on any atom is 0.243 e. The van der Waals surface area contributed by atoms with Crippen molar-refractivity contribution in [1.82, 2.24) is 14.6 Å². The van der Waals surface area contributed by atoms with Gasteiger partial charge in [-0.3, -0.25) is 0 Å². The quantitative estimate of drug-likeness (QED) is 0.917. The van der Waals surface area contributed by atoms with Gasteiger partial charge in [0.05, 0.1) is 0 Å². The first-order chi connectivity index (χ1) is 9.16. The van der Waals surface area contributed by atoms with Crippen molar-refractivity contribution in [2.45, 2.75) is 46.0 Å². The molecule has 2 aromatic rings. The standard InChI is InChI=1S/C15H22N4/c1-12-7-6-8-13-17-14(18-19(12)13)16-11-15(2)9-4-3-5-10-15/h6-8H,3-5,9-11H2,1-2H3,(H,16,18). The monoisotopic (exact) mass is 258 g/mol. The Morgan fingerprint density at radius 1 is 1.26 bits per heavy atom. The number of fused-ring (bicyclic) bond motifs is 1. The van der Waals surface area contributed by atoms with E-state index in [1.807, 2.05) is 29.6 Å². The lowest BCUT2D eigenvalue weighted by atomic mass is 9.76. The third-order valence-electron chi connectivity index (χ3n) is 4.28. The topological polar surface area (TPSA) is 42.2 Å². The summed E-state index contributed by atoms with van der Waals surface area (Å²) in [6.45, 7) is 5.40. The lowest BCUT2D eigenvalue weighted by Gasteiger charge is -2.33. The molecule has 1 fully saturated rings. The molecule has 0 spiro atoms. The maximum absolute atomic E-state index is 4.53. The summed E-state index contributed by atoms with van der Waals surface area (Å²) < 4.78 is 1.89. The van der Waals surface area contributed by atoms with Crippen molar-refractivity contribution < 1.29 is 0 Å². The third-order valence-corrected chi connectivity index (χ3v) is 4.28. The van der Waals surface area contributed by atoms with Gasteiger partial charge < -0.3 is 5.32 Å². The molecule has 0 atom stereocenters. The largest absolute Gasteiger partial charge is 0.352 e. The second-order valence-electron chi connectivity index (χ2n) is 6.10. The van der Waals surface area contributed by atoms with E-state index >= 15 is 0 Å². The van der Waals surface area contributed by atoms with Crippen molar-refractivity contribution in [3.63, 3.8) is 0 Å². The first kappa shape index (κ1) is 12.5. The lowest BCUT2D eigenvalue weighted by molar-refractivity contribution is 0.233. The number of rotatable bonds is 3. The number of aromatic nitrogens is 3. The van der Waals surface area contributed by atoms with Crippen molar-refractivity contribution in [2.75, 3.05) is 11.9 Å². The van der Waals surface area contributed by atoms with Crippen LogP contribution in [0.3, 0.4) is 0 Å². The van der Waals surface area contributed by atoms with E-state index < -0.39 is 0 Å². The van der Waals surface area contributed by atoms with E-state index in [0.717, 1.165) is 23.8 Å². The van der Waals surface area contributed by atoms with Crippen molar-refractivity contribution in [2.24, 2.45) is 5.41 Å². The van der Waals surface area contributed by atoms with E-state index in [4.69, 9.17) is 0 Å². The van der Waals surface area contributed by atoms with E-state index in [0.29, 0.717) is 5.41 Å². The Morgan fingerprint density at radius 2 is 2.05 bits per heavy atom. The minimum atomic E-state index is 0.408. The first-order valence-corrected chi connectivity index (χ1v) is 7.23. The third kappa shape index (κ3) is 2.57. The predicted octanol–water partition coefficient (Wildman–Crippen LogP) is 3.42. The van der Waals surface area contributed by atoms with Crippen molar-refractivity contribution in [1.29, 1.82) is 0 Å². The average molecular weight is 258 g/mol. The van der Waals surface area contributed by atoms with Crippen LogP contribution in [0.15, 0.2) is 18.2 Å². The Balaban J connectivity index is 1.73. The molecular formula is C15H22N4. The van der Waals surface area contributed by atoms with Gasteiger partial charge in [-0.1, -0.05) is 32.3 Å². The highest BCUT2D eigenvalue weighted by Gasteiger charge is 2.26. The van der Waals surface area contributed by atoms with Crippen LogP contribution in [0, 0.1) is 12.3 Å². The van der Waals surface area contributed by atoms with Crippen molar-refractivity contribution in [3.8, 4) is 0 Å². The van der Waals surface area contributed by atoms with Gasteiger partial charge in [0.15, 0.2) is 5.65 Å². The van der Waals surface area contributed by atoms with E-state index in [1.165, 1.54) is 32.1 Å². The second kappa shape index (κ2) is 4.83. The van der Waals surface area contributed by atoms with Crippen LogP contribution < -0.4 is 5.32 Å². The predicted molar refractivity (Wildman–Crippen MR) is 77.4 cm³/mol.